The summed E-state index contributed by atoms with van der Waals surface area (Å²) in [6.45, 7) is 2.03. The molecule has 136 valence electrons. The maximum Gasteiger partial charge on any atom is 0.253 e. The van der Waals surface area contributed by atoms with Gasteiger partial charge in [0.25, 0.3) is 5.91 Å². The van der Waals surface area contributed by atoms with E-state index in [1.54, 1.807) is 37.5 Å². The molecule has 1 amide bonds. The molecular weight excluding hydrogens is 356 g/mol. The molecule has 0 saturated carbocycles. The standard InChI is InChI=1S/C19H19ClN2O4/c1-11-10-21-14-9-16(26-18(14)17(11)20)13-5-4-12(8-15(13)25-3)19(24)22(2)6-7-23/h4-5,8-10,23H,6-7H2,1-3H3. The number of aromatic nitrogens is 1. The van der Waals surface area contributed by atoms with Gasteiger partial charge in [0.05, 0.1) is 24.3 Å². The fraction of sp³-hybridized carbons (Fsp3) is 0.263. The lowest BCUT2D eigenvalue weighted by Gasteiger charge is -2.16. The predicted molar refractivity (Wildman–Crippen MR) is 99.8 cm³/mol. The number of aliphatic hydroxyl groups is 1. The van der Waals surface area contributed by atoms with Crippen LogP contribution in [0, 0.1) is 6.92 Å². The first-order valence-corrected chi connectivity index (χ1v) is 8.43. The van der Waals surface area contributed by atoms with Gasteiger partial charge in [-0.3, -0.25) is 9.78 Å². The third-order valence-electron chi connectivity index (χ3n) is 4.15. The van der Waals surface area contributed by atoms with Crippen molar-refractivity contribution in [2.75, 3.05) is 27.3 Å². The first-order valence-electron chi connectivity index (χ1n) is 8.05. The van der Waals surface area contributed by atoms with E-state index in [2.05, 4.69) is 4.98 Å². The molecule has 7 heteroatoms. The van der Waals surface area contributed by atoms with Crippen LogP contribution in [0.5, 0.6) is 5.75 Å². The zero-order valence-electron chi connectivity index (χ0n) is 14.7. The topological polar surface area (TPSA) is 75.8 Å². The largest absolute Gasteiger partial charge is 0.496 e. The van der Waals surface area contributed by atoms with Crippen LogP contribution in [-0.2, 0) is 0 Å². The lowest BCUT2D eigenvalue weighted by atomic mass is 10.1. The Labute approximate surface area is 156 Å². The summed E-state index contributed by atoms with van der Waals surface area (Å²) in [5, 5.41) is 9.51. The van der Waals surface area contributed by atoms with E-state index in [1.165, 1.54) is 12.0 Å². The number of ether oxygens (including phenoxy) is 1. The highest BCUT2D eigenvalue weighted by atomic mass is 35.5. The highest BCUT2D eigenvalue weighted by Gasteiger charge is 2.18. The molecule has 0 aliphatic heterocycles. The number of pyridine rings is 1. The van der Waals surface area contributed by atoms with Gasteiger partial charge in [-0.05, 0) is 30.7 Å². The molecule has 6 nitrogen and oxygen atoms in total. The number of halogens is 1. The number of hydrogen-bond acceptors (Lipinski definition) is 5. The predicted octanol–water partition coefficient (Wildman–Crippen LogP) is 3.53. The van der Waals surface area contributed by atoms with Gasteiger partial charge in [0.1, 0.15) is 17.0 Å². The highest BCUT2D eigenvalue weighted by Crippen LogP contribution is 2.37. The van der Waals surface area contributed by atoms with Crippen LogP contribution in [0.1, 0.15) is 15.9 Å². The van der Waals surface area contributed by atoms with E-state index in [9.17, 15) is 4.79 Å². The first-order chi connectivity index (χ1) is 12.5. The molecule has 0 aliphatic carbocycles. The summed E-state index contributed by atoms with van der Waals surface area (Å²) in [4.78, 5) is 18.2. The molecule has 0 bridgehead atoms. The highest BCUT2D eigenvalue weighted by molar-refractivity contribution is 6.35. The summed E-state index contributed by atoms with van der Waals surface area (Å²) < 4.78 is 11.3. The maximum atomic E-state index is 12.4. The Morgan fingerprint density at radius 2 is 2.15 bits per heavy atom. The number of amides is 1. The average molecular weight is 375 g/mol. The molecular formula is C19H19ClN2O4. The van der Waals surface area contributed by atoms with Crippen molar-refractivity contribution in [3.8, 4) is 17.1 Å². The van der Waals surface area contributed by atoms with Crippen LogP contribution < -0.4 is 4.74 Å². The van der Waals surface area contributed by atoms with Gasteiger partial charge in [-0.2, -0.15) is 0 Å². The Kier molecular flexibility index (Phi) is 5.15. The number of fused-ring (bicyclic) bond motifs is 1. The number of carbonyl (C=O) groups excluding carboxylic acids is 1. The molecule has 2 heterocycles. The van der Waals surface area contributed by atoms with E-state index < -0.39 is 0 Å². The van der Waals surface area contributed by atoms with Gasteiger partial charge in [0.2, 0.25) is 0 Å². The molecule has 0 saturated heterocycles. The van der Waals surface area contributed by atoms with Crippen molar-refractivity contribution in [2.45, 2.75) is 6.92 Å². The molecule has 0 aliphatic rings. The SMILES string of the molecule is COc1cc(C(=O)N(C)CCO)ccc1-c1cc2ncc(C)c(Cl)c2o1. The monoisotopic (exact) mass is 374 g/mol. The number of aliphatic hydroxyl groups excluding tert-OH is 1. The van der Waals surface area contributed by atoms with Crippen LogP contribution >= 0.6 is 11.6 Å². The normalized spacial score (nSPS) is 11.0. The third-order valence-corrected chi connectivity index (χ3v) is 4.62. The second-order valence-electron chi connectivity index (χ2n) is 5.95. The van der Waals surface area contributed by atoms with Crippen LogP contribution in [0.25, 0.3) is 22.4 Å². The van der Waals surface area contributed by atoms with Crippen molar-refractivity contribution in [2.24, 2.45) is 0 Å². The van der Waals surface area contributed by atoms with Crippen molar-refractivity contribution in [1.82, 2.24) is 9.88 Å². The fourth-order valence-corrected chi connectivity index (χ4v) is 2.85. The van der Waals surface area contributed by atoms with E-state index in [0.29, 0.717) is 38.8 Å². The van der Waals surface area contributed by atoms with Gasteiger partial charge < -0.3 is 19.2 Å². The van der Waals surface area contributed by atoms with E-state index in [4.69, 9.17) is 25.9 Å². The maximum absolute atomic E-state index is 12.4. The molecule has 26 heavy (non-hydrogen) atoms. The van der Waals surface area contributed by atoms with Gasteiger partial charge >= 0.3 is 0 Å². The van der Waals surface area contributed by atoms with Crippen molar-refractivity contribution < 1.29 is 19.1 Å². The number of rotatable bonds is 5. The molecule has 1 aromatic carbocycles. The van der Waals surface area contributed by atoms with Crippen LogP contribution in [-0.4, -0.2) is 48.2 Å². The quantitative estimate of drug-likeness (QED) is 0.739. The molecule has 0 unspecified atom stereocenters. The second kappa shape index (κ2) is 7.35. The summed E-state index contributed by atoms with van der Waals surface area (Å²) >= 11 is 6.30. The van der Waals surface area contributed by atoms with Gasteiger partial charge in [-0.25, -0.2) is 0 Å². The first kappa shape index (κ1) is 18.2. The number of hydrogen-bond donors (Lipinski definition) is 1. The summed E-state index contributed by atoms with van der Waals surface area (Å²) in [6, 6.07) is 6.90. The van der Waals surface area contributed by atoms with Crippen LogP contribution in [0.15, 0.2) is 34.9 Å². The summed E-state index contributed by atoms with van der Waals surface area (Å²) in [5.74, 6) is 0.855. The zero-order valence-corrected chi connectivity index (χ0v) is 15.5. The summed E-state index contributed by atoms with van der Waals surface area (Å²) in [7, 11) is 3.16. The lowest BCUT2D eigenvalue weighted by molar-refractivity contribution is 0.0766. The smallest absolute Gasteiger partial charge is 0.253 e. The van der Waals surface area contributed by atoms with Crippen molar-refractivity contribution in [1.29, 1.82) is 0 Å². The van der Waals surface area contributed by atoms with E-state index in [1.807, 2.05) is 6.92 Å². The lowest BCUT2D eigenvalue weighted by Crippen LogP contribution is -2.29. The van der Waals surface area contributed by atoms with Crippen LogP contribution in [0.2, 0.25) is 5.02 Å². The number of methoxy groups -OCH3 is 1. The minimum Gasteiger partial charge on any atom is -0.496 e. The number of carbonyl (C=O) groups is 1. The summed E-state index contributed by atoms with van der Waals surface area (Å²) in [6.07, 6.45) is 1.69. The fourth-order valence-electron chi connectivity index (χ4n) is 2.67. The summed E-state index contributed by atoms with van der Waals surface area (Å²) in [5.41, 5.74) is 3.16. The zero-order chi connectivity index (χ0) is 18.8. The number of nitrogens with zero attached hydrogens (tertiary/aromatic N) is 2. The van der Waals surface area contributed by atoms with Crippen molar-refractivity contribution >= 4 is 28.6 Å². The van der Waals surface area contributed by atoms with Gasteiger partial charge in [0.15, 0.2) is 5.58 Å². The van der Waals surface area contributed by atoms with Gasteiger partial charge in [-0.15, -0.1) is 0 Å². The minimum atomic E-state index is -0.200. The number of aryl methyl sites for hydroxylation is 1. The molecule has 2 aromatic heterocycles. The molecule has 0 radical (unpaired) electrons. The Balaban J connectivity index is 2.03. The average Bonchev–Trinajstić information content (AvgIpc) is 3.08. The van der Waals surface area contributed by atoms with Crippen LogP contribution in [0.3, 0.4) is 0 Å². The van der Waals surface area contributed by atoms with Gasteiger partial charge in [-0.1, -0.05) is 11.6 Å². The molecule has 0 atom stereocenters. The Hall–Kier alpha value is -2.57. The third kappa shape index (κ3) is 3.25. The minimum absolute atomic E-state index is 0.0936. The van der Waals surface area contributed by atoms with Gasteiger partial charge in [0, 0.05) is 31.4 Å². The van der Waals surface area contributed by atoms with E-state index in [-0.39, 0.29) is 19.1 Å². The Bertz CT molecular complexity index is 968. The van der Waals surface area contributed by atoms with Crippen molar-refractivity contribution in [3.63, 3.8) is 0 Å². The number of benzene rings is 1. The molecule has 0 fully saturated rings. The molecule has 1 N–H and O–H groups in total. The van der Waals surface area contributed by atoms with Crippen molar-refractivity contribution in [3.05, 3.63) is 46.6 Å². The Morgan fingerprint density at radius 1 is 1.38 bits per heavy atom. The number of furan rings is 1. The second-order valence-corrected chi connectivity index (χ2v) is 6.32. The van der Waals surface area contributed by atoms with E-state index >= 15 is 0 Å². The molecule has 0 spiro atoms. The van der Waals surface area contributed by atoms with E-state index in [0.717, 1.165) is 5.56 Å². The Morgan fingerprint density at radius 3 is 2.85 bits per heavy atom. The molecule has 3 aromatic rings. The molecule has 3 rings (SSSR count). The van der Waals surface area contributed by atoms with Crippen LogP contribution in [0.4, 0.5) is 0 Å². The number of likely N-dealkylation sites (N-methyl/N-ethyl adjacent to an activating group) is 1.